The van der Waals surface area contributed by atoms with Crippen molar-refractivity contribution in [3.8, 4) is 6.07 Å². The van der Waals surface area contributed by atoms with Gasteiger partial charge in [0.15, 0.2) is 0 Å². The molecule has 0 aliphatic heterocycles. The normalized spacial score (nSPS) is 11.5. The largest absolute Gasteiger partial charge is 0.325 e. The summed E-state index contributed by atoms with van der Waals surface area (Å²) in [4.78, 5) is 12.4. The number of nitrogens with zero attached hydrogens (tertiary/aromatic N) is 2. The van der Waals surface area contributed by atoms with Crippen LogP contribution in [0, 0.1) is 11.3 Å². The van der Waals surface area contributed by atoms with Gasteiger partial charge in [-0.05, 0) is 40.8 Å². The summed E-state index contributed by atoms with van der Waals surface area (Å²) in [6, 6.07) is 16.1. The fraction of sp³-hybridized carbons (Fsp3) is 0.333. The molecule has 0 aromatic heterocycles. The van der Waals surface area contributed by atoms with E-state index in [1.807, 2.05) is 12.1 Å². The first-order valence-electron chi connectivity index (χ1n) is 8.85. The van der Waals surface area contributed by atoms with Crippen molar-refractivity contribution < 1.29 is 13.2 Å². The Kier molecular flexibility index (Phi) is 6.47. The Morgan fingerprint density at radius 3 is 2.11 bits per heavy atom. The fourth-order valence-electron chi connectivity index (χ4n) is 2.66. The number of nitrogens with one attached hydrogen (secondary N) is 1. The lowest BCUT2D eigenvalue weighted by molar-refractivity contribution is -0.114. The topological polar surface area (TPSA) is 90.3 Å². The molecule has 1 amide bonds. The Morgan fingerprint density at radius 1 is 1.07 bits per heavy atom. The molecule has 0 heterocycles. The third-order valence-corrected chi connectivity index (χ3v) is 5.37. The molecule has 7 heteroatoms. The van der Waals surface area contributed by atoms with Gasteiger partial charge in [-0.1, -0.05) is 45.0 Å². The smallest absolute Gasteiger partial charge is 0.245 e. The molecular formula is C21H25N3O3S. The number of nitriles is 1. The average Bonchev–Trinajstić information content (AvgIpc) is 2.60. The zero-order valence-electron chi connectivity index (χ0n) is 16.6. The predicted molar refractivity (Wildman–Crippen MR) is 112 cm³/mol. The Labute approximate surface area is 166 Å². The molecule has 148 valence electrons. The lowest BCUT2D eigenvalue weighted by Gasteiger charge is -2.24. The van der Waals surface area contributed by atoms with E-state index in [4.69, 9.17) is 5.26 Å². The van der Waals surface area contributed by atoms with E-state index < -0.39 is 15.9 Å². The van der Waals surface area contributed by atoms with Crippen molar-refractivity contribution in [3.63, 3.8) is 0 Å². The maximum absolute atomic E-state index is 12.4. The quantitative estimate of drug-likeness (QED) is 0.805. The van der Waals surface area contributed by atoms with Crippen LogP contribution in [0.1, 0.15) is 31.9 Å². The zero-order valence-corrected chi connectivity index (χ0v) is 17.4. The first kappa shape index (κ1) is 21.5. The van der Waals surface area contributed by atoms with E-state index in [0.29, 0.717) is 17.8 Å². The fourth-order valence-corrected chi connectivity index (χ4v) is 3.51. The summed E-state index contributed by atoms with van der Waals surface area (Å²) in [5, 5.41) is 11.4. The lowest BCUT2D eigenvalue weighted by Crippen LogP contribution is -2.37. The Bertz CT molecular complexity index is 968. The van der Waals surface area contributed by atoms with Crippen LogP contribution >= 0.6 is 0 Å². The number of sulfonamides is 1. The number of carbonyl (C=O) groups excluding carboxylic acids is 1. The van der Waals surface area contributed by atoms with Crippen LogP contribution in [0.3, 0.4) is 0 Å². The van der Waals surface area contributed by atoms with Crippen molar-refractivity contribution in [2.24, 2.45) is 0 Å². The molecule has 2 rings (SSSR count). The molecule has 0 bridgehead atoms. The van der Waals surface area contributed by atoms with Crippen LogP contribution in [0.5, 0.6) is 0 Å². The molecule has 0 saturated heterocycles. The first-order chi connectivity index (χ1) is 13.0. The number of hydrogen-bond donors (Lipinski definition) is 1. The van der Waals surface area contributed by atoms with Gasteiger partial charge in [-0.2, -0.15) is 5.26 Å². The molecular weight excluding hydrogens is 374 g/mol. The van der Waals surface area contributed by atoms with Crippen LogP contribution in [0.2, 0.25) is 0 Å². The van der Waals surface area contributed by atoms with Crippen molar-refractivity contribution in [1.82, 2.24) is 0 Å². The van der Waals surface area contributed by atoms with E-state index in [-0.39, 0.29) is 12.0 Å². The van der Waals surface area contributed by atoms with Crippen molar-refractivity contribution in [3.05, 3.63) is 59.7 Å². The summed E-state index contributed by atoms with van der Waals surface area (Å²) in [5.41, 5.74) is 2.85. The van der Waals surface area contributed by atoms with E-state index in [2.05, 4.69) is 32.2 Å². The number of anilines is 2. The standard InChI is InChI=1S/C21H25N3O3S/c1-21(2,3)17-7-11-19(12-8-17)24(28(4,26)27)15-20(25)23-18-9-5-16(6-10-18)13-14-22/h5-12H,13,15H2,1-4H3,(H,23,25). The molecule has 0 fully saturated rings. The molecule has 0 aliphatic carbocycles. The van der Waals surface area contributed by atoms with Gasteiger partial charge in [0.25, 0.3) is 0 Å². The Hall–Kier alpha value is -2.85. The van der Waals surface area contributed by atoms with Gasteiger partial charge in [-0.3, -0.25) is 9.10 Å². The van der Waals surface area contributed by atoms with Gasteiger partial charge in [0.05, 0.1) is 24.4 Å². The van der Waals surface area contributed by atoms with Gasteiger partial charge in [0.1, 0.15) is 6.54 Å². The number of hydrogen-bond acceptors (Lipinski definition) is 4. The summed E-state index contributed by atoms with van der Waals surface area (Å²) in [7, 11) is -3.63. The minimum atomic E-state index is -3.63. The van der Waals surface area contributed by atoms with E-state index >= 15 is 0 Å². The maximum atomic E-state index is 12.4. The number of amides is 1. The Balaban J connectivity index is 2.16. The second-order valence-corrected chi connectivity index (χ2v) is 9.55. The van der Waals surface area contributed by atoms with Crippen LogP contribution in [-0.4, -0.2) is 27.1 Å². The van der Waals surface area contributed by atoms with Crippen LogP contribution < -0.4 is 9.62 Å². The molecule has 0 aliphatic rings. The van der Waals surface area contributed by atoms with Crippen LogP contribution in [0.4, 0.5) is 11.4 Å². The molecule has 2 aromatic rings. The lowest BCUT2D eigenvalue weighted by atomic mass is 9.87. The average molecular weight is 400 g/mol. The molecule has 2 aromatic carbocycles. The third-order valence-electron chi connectivity index (χ3n) is 4.23. The van der Waals surface area contributed by atoms with Gasteiger partial charge >= 0.3 is 0 Å². The summed E-state index contributed by atoms with van der Waals surface area (Å²) in [6.45, 7) is 5.90. The molecule has 1 N–H and O–H groups in total. The van der Waals surface area contributed by atoms with Crippen LogP contribution in [0.15, 0.2) is 48.5 Å². The van der Waals surface area contributed by atoms with Gasteiger partial charge in [-0.25, -0.2) is 8.42 Å². The van der Waals surface area contributed by atoms with Gasteiger partial charge < -0.3 is 5.32 Å². The van der Waals surface area contributed by atoms with Gasteiger partial charge in [-0.15, -0.1) is 0 Å². The van der Waals surface area contributed by atoms with Crippen LogP contribution in [-0.2, 0) is 26.7 Å². The Morgan fingerprint density at radius 2 is 1.64 bits per heavy atom. The highest BCUT2D eigenvalue weighted by molar-refractivity contribution is 7.92. The number of rotatable bonds is 6. The molecule has 0 radical (unpaired) electrons. The molecule has 28 heavy (non-hydrogen) atoms. The van der Waals surface area contributed by atoms with Crippen LogP contribution in [0.25, 0.3) is 0 Å². The SMILES string of the molecule is CC(C)(C)c1ccc(N(CC(=O)Nc2ccc(CC#N)cc2)S(C)(=O)=O)cc1. The highest BCUT2D eigenvalue weighted by Gasteiger charge is 2.22. The van der Waals surface area contributed by atoms with E-state index in [0.717, 1.165) is 21.7 Å². The molecule has 0 saturated carbocycles. The van der Waals surface area contributed by atoms with Gasteiger partial charge in [0, 0.05) is 5.69 Å². The van der Waals surface area contributed by atoms with Crippen molar-refractivity contribution >= 4 is 27.3 Å². The minimum Gasteiger partial charge on any atom is -0.325 e. The van der Waals surface area contributed by atoms with Gasteiger partial charge in [0.2, 0.25) is 15.9 Å². The predicted octanol–water partition coefficient (Wildman–Crippen LogP) is 3.45. The van der Waals surface area contributed by atoms with E-state index in [1.165, 1.54) is 0 Å². The monoisotopic (exact) mass is 399 g/mol. The second-order valence-electron chi connectivity index (χ2n) is 7.65. The highest BCUT2D eigenvalue weighted by atomic mass is 32.2. The van der Waals surface area contributed by atoms with E-state index in [1.54, 1.807) is 36.4 Å². The first-order valence-corrected chi connectivity index (χ1v) is 10.7. The summed E-state index contributed by atoms with van der Waals surface area (Å²) in [6.07, 6.45) is 1.37. The van der Waals surface area contributed by atoms with E-state index in [9.17, 15) is 13.2 Å². The second kappa shape index (κ2) is 8.44. The molecule has 6 nitrogen and oxygen atoms in total. The molecule has 0 atom stereocenters. The number of benzene rings is 2. The minimum absolute atomic E-state index is 0.0521. The third kappa shape index (κ3) is 5.83. The molecule has 0 spiro atoms. The van der Waals surface area contributed by atoms with Crippen molar-refractivity contribution in [2.75, 3.05) is 22.4 Å². The van der Waals surface area contributed by atoms with Crippen molar-refractivity contribution in [2.45, 2.75) is 32.6 Å². The summed E-state index contributed by atoms with van der Waals surface area (Å²) < 4.78 is 25.5. The highest BCUT2D eigenvalue weighted by Crippen LogP contribution is 2.26. The van der Waals surface area contributed by atoms with Crippen molar-refractivity contribution in [1.29, 1.82) is 5.26 Å². The zero-order chi connectivity index (χ0) is 20.9. The summed E-state index contributed by atoms with van der Waals surface area (Å²) in [5.74, 6) is -0.446. The summed E-state index contributed by atoms with van der Waals surface area (Å²) >= 11 is 0. The maximum Gasteiger partial charge on any atom is 0.245 e. The number of carbonyl (C=O) groups is 1. The molecule has 0 unspecified atom stereocenters.